The number of carboxylic acids is 1. The molecule has 0 fully saturated rings. The standard InChI is InChI=1S/C15H10O2.Ag/c16-15(17)13-7-3-6-12-8-10-4-1-2-5-11(10)9-14(12)13;/h1-9H,(H,16,17);/q;+1/p-1. The van der Waals surface area contributed by atoms with Crippen molar-refractivity contribution < 1.29 is 32.3 Å². The van der Waals surface area contributed by atoms with E-state index in [4.69, 9.17) is 0 Å². The average molecular weight is 329 g/mol. The molecule has 3 rings (SSSR count). The van der Waals surface area contributed by atoms with Crippen molar-refractivity contribution in [2.45, 2.75) is 0 Å². The molecule has 0 atom stereocenters. The number of carbonyl (C=O) groups excluding carboxylic acids is 1. The average Bonchev–Trinajstić information content (AvgIpc) is 2.35. The third-order valence-electron chi connectivity index (χ3n) is 2.97. The Morgan fingerprint density at radius 1 is 0.833 bits per heavy atom. The van der Waals surface area contributed by atoms with E-state index >= 15 is 0 Å². The summed E-state index contributed by atoms with van der Waals surface area (Å²) in [7, 11) is 0. The molecule has 0 aromatic heterocycles. The molecule has 0 bridgehead atoms. The van der Waals surface area contributed by atoms with Crippen LogP contribution in [0, 0.1) is 0 Å². The van der Waals surface area contributed by atoms with E-state index in [-0.39, 0.29) is 27.9 Å². The van der Waals surface area contributed by atoms with Crippen LogP contribution in [0.5, 0.6) is 0 Å². The molecule has 0 aliphatic heterocycles. The smallest absolute Gasteiger partial charge is 0.545 e. The number of aromatic carboxylic acids is 1. The SMILES string of the molecule is O=C([O-])c1cccc2cc3ccccc3cc12.[Ag+]. The Labute approximate surface area is 120 Å². The Balaban J connectivity index is 0.00000120. The zero-order valence-electron chi connectivity index (χ0n) is 9.31. The first-order chi connectivity index (χ1) is 8.25. The summed E-state index contributed by atoms with van der Waals surface area (Å²) in [5.41, 5.74) is 0.244. The molecule has 0 aliphatic rings. The summed E-state index contributed by atoms with van der Waals surface area (Å²) < 4.78 is 0. The molecule has 0 aliphatic carbocycles. The monoisotopic (exact) mass is 328 g/mol. The Morgan fingerprint density at radius 3 is 2.11 bits per heavy atom. The van der Waals surface area contributed by atoms with Gasteiger partial charge in [-0.25, -0.2) is 0 Å². The summed E-state index contributed by atoms with van der Waals surface area (Å²) in [5.74, 6) is -1.13. The van der Waals surface area contributed by atoms with Crippen molar-refractivity contribution in [3.63, 3.8) is 0 Å². The molecule has 92 valence electrons. The Bertz CT molecular complexity index is 735. The molecule has 0 amide bonds. The van der Waals surface area contributed by atoms with Crippen LogP contribution >= 0.6 is 0 Å². The third-order valence-corrected chi connectivity index (χ3v) is 2.97. The van der Waals surface area contributed by atoms with Gasteiger partial charge in [0.05, 0.1) is 5.97 Å². The van der Waals surface area contributed by atoms with Gasteiger partial charge in [0.15, 0.2) is 0 Å². The van der Waals surface area contributed by atoms with E-state index in [1.165, 1.54) is 0 Å². The van der Waals surface area contributed by atoms with E-state index in [0.29, 0.717) is 0 Å². The van der Waals surface area contributed by atoms with Gasteiger partial charge < -0.3 is 9.90 Å². The van der Waals surface area contributed by atoms with E-state index in [1.54, 1.807) is 12.1 Å². The molecule has 3 aromatic rings. The van der Waals surface area contributed by atoms with Crippen LogP contribution < -0.4 is 5.11 Å². The molecule has 2 nitrogen and oxygen atoms in total. The summed E-state index contributed by atoms with van der Waals surface area (Å²) >= 11 is 0. The molecule has 3 aromatic carbocycles. The quantitative estimate of drug-likeness (QED) is 0.508. The minimum atomic E-state index is -1.13. The van der Waals surface area contributed by atoms with E-state index in [2.05, 4.69) is 0 Å². The largest absolute Gasteiger partial charge is 1.00 e. The molecular formula is C15H9AgO2. The third kappa shape index (κ3) is 2.06. The zero-order chi connectivity index (χ0) is 11.8. The summed E-state index contributed by atoms with van der Waals surface area (Å²) in [4.78, 5) is 11.0. The maximum atomic E-state index is 11.0. The van der Waals surface area contributed by atoms with Crippen LogP contribution in [-0.2, 0) is 22.4 Å². The van der Waals surface area contributed by atoms with Gasteiger partial charge in [-0.15, -0.1) is 0 Å². The summed E-state index contributed by atoms with van der Waals surface area (Å²) in [6.07, 6.45) is 0. The number of carbonyl (C=O) groups is 1. The minimum Gasteiger partial charge on any atom is -0.545 e. The first-order valence-electron chi connectivity index (χ1n) is 5.38. The maximum absolute atomic E-state index is 11.0. The maximum Gasteiger partial charge on any atom is 1.00 e. The fourth-order valence-corrected chi connectivity index (χ4v) is 2.14. The van der Waals surface area contributed by atoms with Gasteiger partial charge in [-0.2, -0.15) is 0 Å². The molecule has 0 N–H and O–H groups in total. The van der Waals surface area contributed by atoms with Crippen molar-refractivity contribution in [3.05, 3.63) is 60.2 Å². The van der Waals surface area contributed by atoms with E-state index in [9.17, 15) is 9.90 Å². The van der Waals surface area contributed by atoms with Gasteiger partial charge in [0.25, 0.3) is 0 Å². The second-order valence-electron chi connectivity index (χ2n) is 4.01. The van der Waals surface area contributed by atoms with E-state index in [0.717, 1.165) is 21.5 Å². The minimum absolute atomic E-state index is 0. The van der Waals surface area contributed by atoms with Crippen molar-refractivity contribution in [2.24, 2.45) is 0 Å². The topological polar surface area (TPSA) is 40.1 Å². The number of rotatable bonds is 1. The molecule has 0 heterocycles. The van der Waals surface area contributed by atoms with Gasteiger partial charge in [0.1, 0.15) is 0 Å². The van der Waals surface area contributed by atoms with Crippen molar-refractivity contribution in [1.82, 2.24) is 0 Å². The Morgan fingerprint density at radius 2 is 1.44 bits per heavy atom. The van der Waals surface area contributed by atoms with Gasteiger partial charge in [0, 0.05) is 5.56 Å². The van der Waals surface area contributed by atoms with Gasteiger partial charge in [-0.1, -0.05) is 42.5 Å². The van der Waals surface area contributed by atoms with Crippen molar-refractivity contribution in [2.75, 3.05) is 0 Å². The fraction of sp³-hybridized carbons (Fsp3) is 0. The molecular weight excluding hydrogens is 320 g/mol. The van der Waals surface area contributed by atoms with E-state index in [1.807, 2.05) is 42.5 Å². The summed E-state index contributed by atoms with van der Waals surface area (Å²) in [6, 6.07) is 17.0. The zero-order valence-corrected chi connectivity index (χ0v) is 10.8. The number of carboxylic acid groups (broad SMARTS) is 1. The van der Waals surface area contributed by atoms with E-state index < -0.39 is 5.97 Å². The first-order valence-corrected chi connectivity index (χ1v) is 5.38. The molecule has 3 heteroatoms. The predicted molar refractivity (Wildman–Crippen MR) is 65.8 cm³/mol. The van der Waals surface area contributed by atoms with Gasteiger partial charge >= 0.3 is 22.4 Å². The van der Waals surface area contributed by atoms with Crippen molar-refractivity contribution in [3.8, 4) is 0 Å². The van der Waals surface area contributed by atoms with Crippen LogP contribution in [0.3, 0.4) is 0 Å². The predicted octanol–water partition coefficient (Wildman–Crippen LogP) is 2.35. The van der Waals surface area contributed by atoms with Crippen LogP contribution in [0.25, 0.3) is 21.5 Å². The summed E-state index contributed by atoms with van der Waals surface area (Å²) in [6.45, 7) is 0. The Hall–Kier alpha value is -1.61. The number of hydrogen-bond acceptors (Lipinski definition) is 2. The van der Waals surface area contributed by atoms with Crippen LogP contribution in [0.4, 0.5) is 0 Å². The first kappa shape index (κ1) is 12.8. The van der Waals surface area contributed by atoms with Crippen molar-refractivity contribution >= 4 is 27.5 Å². The number of fused-ring (bicyclic) bond motifs is 2. The van der Waals surface area contributed by atoms with Crippen molar-refractivity contribution in [1.29, 1.82) is 0 Å². The van der Waals surface area contributed by atoms with Crippen LogP contribution in [-0.4, -0.2) is 5.97 Å². The molecule has 0 saturated carbocycles. The van der Waals surface area contributed by atoms with Crippen LogP contribution in [0.15, 0.2) is 54.6 Å². The van der Waals surface area contributed by atoms with Crippen LogP contribution in [0.2, 0.25) is 0 Å². The van der Waals surface area contributed by atoms with Gasteiger partial charge in [0.2, 0.25) is 0 Å². The van der Waals surface area contributed by atoms with Gasteiger partial charge in [-0.3, -0.25) is 0 Å². The molecule has 0 spiro atoms. The molecule has 0 saturated heterocycles. The van der Waals surface area contributed by atoms with Crippen LogP contribution in [0.1, 0.15) is 10.4 Å². The fourth-order valence-electron chi connectivity index (χ4n) is 2.14. The Kier molecular flexibility index (Phi) is 3.53. The molecule has 0 radical (unpaired) electrons. The van der Waals surface area contributed by atoms with Gasteiger partial charge in [-0.05, 0) is 33.7 Å². The molecule has 18 heavy (non-hydrogen) atoms. The number of benzene rings is 3. The second kappa shape index (κ2) is 4.94. The number of hydrogen-bond donors (Lipinski definition) is 0. The summed E-state index contributed by atoms with van der Waals surface area (Å²) in [5, 5.41) is 14.8. The normalized spacial score (nSPS) is 10.2. The second-order valence-corrected chi connectivity index (χ2v) is 4.01. The molecule has 0 unspecified atom stereocenters.